The van der Waals surface area contributed by atoms with Crippen LogP contribution in [0.1, 0.15) is 18.9 Å². The van der Waals surface area contributed by atoms with Crippen molar-refractivity contribution in [1.82, 2.24) is 0 Å². The normalized spacial score (nSPS) is 12.0. The number of nitrogens with two attached hydrogens (primary N) is 1. The average Bonchev–Trinajstić information content (AvgIpc) is 2.30. The molecule has 6 heteroatoms. The molecular formula is C12H14F2N2OS. The molecule has 0 aliphatic carbocycles. The Hall–Kier alpha value is -1.56. The van der Waals surface area contributed by atoms with Crippen LogP contribution >= 0.6 is 12.2 Å². The van der Waals surface area contributed by atoms with Gasteiger partial charge in [0.05, 0.1) is 10.9 Å². The van der Waals surface area contributed by atoms with Gasteiger partial charge in [0.15, 0.2) is 5.82 Å². The topological polar surface area (TPSA) is 55.1 Å². The van der Waals surface area contributed by atoms with Crippen molar-refractivity contribution in [3.63, 3.8) is 0 Å². The summed E-state index contributed by atoms with van der Waals surface area (Å²) in [6, 6.07) is 2.39. The second kappa shape index (κ2) is 5.86. The maximum Gasteiger partial charge on any atom is 0.234 e. The molecular weight excluding hydrogens is 258 g/mol. The Labute approximate surface area is 109 Å². The molecule has 1 amide bonds. The predicted octanol–water partition coefficient (Wildman–Crippen LogP) is 2.52. The Morgan fingerprint density at radius 1 is 1.50 bits per heavy atom. The van der Waals surface area contributed by atoms with Gasteiger partial charge in [-0.05, 0) is 25.0 Å². The summed E-state index contributed by atoms with van der Waals surface area (Å²) in [4.78, 5) is 11.8. The first-order valence-electron chi connectivity index (χ1n) is 5.43. The van der Waals surface area contributed by atoms with E-state index < -0.39 is 29.1 Å². The summed E-state index contributed by atoms with van der Waals surface area (Å²) in [5.74, 6) is -2.96. The first-order chi connectivity index (χ1) is 8.38. The number of rotatable bonds is 4. The lowest BCUT2D eigenvalue weighted by molar-refractivity contribution is -0.118. The van der Waals surface area contributed by atoms with Gasteiger partial charge in [0, 0.05) is 0 Å². The van der Waals surface area contributed by atoms with Crippen LogP contribution in [0.15, 0.2) is 12.1 Å². The van der Waals surface area contributed by atoms with Crippen molar-refractivity contribution >= 4 is 28.8 Å². The first kappa shape index (κ1) is 14.5. The Bertz CT molecular complexity index is 491. The Balaban J connectivity index is 3.01. The third-order valence-electron chi connectivity index (χ3n) is 2.60. The summed E-state index contributed by atoms with van der Waals surface area (Å²) in [6.07, 6.45) is 0.371. The van der Waals surface area contributed by atoms with E-state index in [0.29, 0.717) is 6.42 Å². The fraction of sp³-hybridized carbons (Fsp3) is 0.333. The van der Waals surface area contributed by atoms with Gasteiger partial charge in [-0.25, -0.2) is 8.78 Å². The molecule has 1 unspecified atom stereocenters. The second-order valence-corrected chi connectivity index (χ2v) is 4.38. The maximum absolute atomic E-state index is 13.7. The van der Waals surface area contributed by atoms with Gasteiger partial charge in [-0.2, -0.15) is 0 Å². The van der Waals surface area contributed by atoms with Crippen molar-refractivity contribution in [3.8, 4) is 0 Å². The number of amides is 1. The lowest BCUT2D eigenvalue weighted by Gasteiger charge is -2.14. The molecule has 18 heavy (non-hydrogen) atoms. The Morgan fingerprint density at radius 3 is 2.61 bits per heavy atom. The van der Waals surface area contributed by atoms with Crippen LogP contribution in [0, 0.1) is 24.5 Å². The molecule has 0 heterocycles. The van der Waals surface area contributed by atoms with E-state index in [4.69, 9.17) is 18.0 Å². The number of thiocarbonyl (C=S) groups is 1. The fourth-order valence-corrected chi connectivity index (χ4v) is 1.77. The fourth-order valence-electron chi connectivity index (χ4n) is 1.50. The van der Waals surface area contributed by atoms with E-state index in [1.807, 2.05) is 0 Å². The Morgan fingerprint density at radius 2 is 2.11 bits per heavy atom. The average molecular weight is 272 g/mol. The van der Waals surface area contributed by atoms with Crippen LogP contribution in [0.4, 0.5) is 14.5 Å². The van der Waals surface area contributed by atoms with Gasteiger partial charge in [0.2, 0.25) is 5.91 Å². The number of carbonyl (C=O) groups is 1. The zero-order chi connectivity index (χ0) is 13.9. The molecule has 1 aromatic carbocycles. The molecule has 0 fully saturated rings. The molecule has 0 saturated carbocycles. The SMILES string of the molecule is CCC(C(=O)Nc1c(F)ccc(C)c1F)C(N)=S. The monoisotopic (exact) mass is 272 g/mol. The smallest absolute Gasteiger partial charge is 0.234 e. The predicted molar refractivity (Wildman–Crippen MR) is 70.3 cm³/mol. The third kappa shape index (κ3) is 3.01. The highest BCUT2D eigenvalue weighted by atomic mass is 32.1. The minimum Gasteiger partial charge on any atom is -0.393 e. The van der Waals surface area contributed by atoms with Crippen molar-refractivity contribution in [2.24, 2.45) is 11.7 Å². The van der Waals surface area contributed by atoms with Gasteiger partial charge in [-0.15, -0.1) is 0 Å². The third-order valence-corrected chi connectivity index (χ3v) is 2.89. The molecule has 3 nitrogen and oxygen atoms in total. The largest absolute Gasteiger partial charge is 0.393 e. The van der Waals surface area contributed by atoms with Crippen molar-refractivity contribution in [3.05, 3.63) is 29.3 Å². The molecule has 0 aliphatic rings. The highest BCUT2D eigenvalue weighted by Crippen LogP contribution is 2.22. The summed E-state index contributed by atoms with van der Waals surface area (Å²) >= 11 is 4.73. The number of nitrogens with one attached hydrogen (secondary N) is 1. The molecule has 1 rings (SSSR count). The minimum atomic E-state index is -0.829. The summed E-state index contributed by atoms with van der Waals surface area (Å²) in [6.45, 7) is 3.20. The van der Waals surface area contributed by atoms with Gasteiger partial charge in [-0.1, -0.05) is 25.2 Å². The van der Waals surface area contributed by atoms with Crippen LogP contribution in [0.25, 0.3) is 0 Å². The quantitative estimate of drug-likeness (QED) is 0.828. The zero-order valence-electron chi connectivity index (χ0n) is 10.1. The van der Waals surface area contributed by atoms with Crippen LogP contribution in [0.5, 0.6) is 0 Å². The van der Waals surface area contributed by atoms with Crippen LogP contribution < -0.4 is 11.1 Å². The van der Waals surface area contributed by atoms with Crippen molar-refractivity contribution < 1.29 is 13.6 Å². The van der Waals surface area contributed by atoms with E-state index in [-0.39, 0.29) is 10.6 Å². The van der Waals surface area contributed by atoms with Gasteiger partial charge in [-0.3, -0.25) is 4.79 Å². The lowest BCUT2D eigenvalue weighted by atomic mass is 10.1. The van der Waals surface area contributed by atoms with Gasteiger partial charge < -0.3 is 11.1 Å². The second-order valence-electron chi connectivity index (χ2n) is 3.91. The van der Waals surface area contributed by atoms with Crippen molar-refractivity contribution in [2.45, 2.75) is 20.3 Å². The van der Waals surface area contributed by atoms with Crippen LogP contribution in [0.3, 0.4) is 0 Å². The van der Waals surface area contributed by atoms with E-state index in [0.717, 1.165) is 6.07 Å². The highest BCUT2D eigenvalue weighted by Gasteiger charge is 2.22. The molecule has 0 aromatic heterocycles. The maximum atomic E-state index is 13.7. The minimum absolute atomic E-state index is 0.00321. The highest BCUT2D eigenvalue weighted by molar-refractivity contribution is 7.80. The number of halogens is 2. The van der Waals surface area contributed by atoms with E-state index >= 15 is 0 Å². The molecule has 0 aliphatic heterocycles. The number of hydrogen-bond acceptors (Lipinski definition) is 2. The van der Waals surface area contributed by atoms with Gasteiger partial charge >= 0.3 is 0 Å². The molecule has 0 radical (unpaired) electrons. The van der Waals surface area contributed by atoms with E-state index in [1.54, 1.807) is 6.92 Å². The number of aryl methyl sites for hydroxylation is 1. The molecule has 1 aromatic rings. The molecule has 0 spiro atoms. The molecule has 0 saturated heterocycles. The summed E-state index contributed by atoms with van der Waals surface area (Å²) < 4.78 is 27.1. The summed E-state index contributed by atoms with van der Waals surface area (Å²) in [7, 11) is 0. The van der Waals surface area contributed by atoms with E-state index in [1.165, 1.54) is 13.0 Å². The van der Waals surface area contributed by atoms with Crippen LogP contribution in [-0.2, 0) is 4.79 Å². The summed E-state index contributed by atoms with van der Waals surface area (Å²) in [5.41, 5.74) is 5.17. The molecule has 98 valence electrons. The van der Waals surface area contributed by atoms with Gasteiger partial charge in [0.1, 0.15) is 11.5 Å². The molecule has 0 bridgehead atoms. The van der Waals surface area contributed by atoms with Gasteiger partial charge in [0.25, 0.3) is 0 Å². The first-order valence-corrected chi connectivity index (χ1v) is 5.84. The number of hydrogen-bond donors (Lipinski definition) is 2. The zero-order valence-corrected chi connectivity index (χ0v) is 10.9. The lowest BCUT2D eigenvalue weighted by Crippen LogP contribution is -2.33. The Kier molecular flexibility index (Phi) is 4.72. The number of anilines is 1. The van der Waals surface area contributed by atoms with Crippen LogP contribution in [-0.4, -0.2) is 10.9 Å². The summed E-state index contributed by atoms with van der Waals surface area (Å²) in [5, 5.41) is 2.20. The molecule has 1 atom stereocenters. The van der Waals surface area contributed by atoms with Crippen LogP contribution in [0.2, 0.25) is 0 Å². The van der Waals surface area contributed by atoms with E-state index in [9.17, 15) is 13.6 Å². The standard InChI is InChI=1S/C12H14F2N2OS/c1-3-7(11(15)18)12(17)16-10-8(13)5-4-6(2)9(10)14/h4-5,7H,3H2,1-2H3,(H2,15,18)(H,16,17). The molecule has 3 N–H and O–H groups in total. The van der Waals surface area contributed by atoms with Crippen molar-refractivity contribution in [2.75, 3.05) is 5.32 Å². The number of carbonyl (C=O) groups excluding carboxylic acids is 1. The van der Waals surface area contributed by atoms with E-state index in [2.05, 4.69) is 5.32 Å². The number of benzene rings is 1. The van der Waals surface area contributed by atoms with Crippen molar-refractivity contribution in [1.29, 1.82) is 0 Å².